The number of hydrogen-bond acceptors (Lipinski definition) is 8. The topological polar surface area (TPSA) is 92.2 Å². The van der Waals surface area contributed by atoms with Crippen molar-refractivity contribution >= 4 is 23.0 Å². The molecule has 1 aromatic carbocycles. The van der Waals surface area contributed by atoms with Crippen molar-refractivity contribution in [2.45, 2.75) is 26.8 Å². The smallest absolute Gasteiger partial charge is 0.290 e. The molecule has 1 fully saturated rings. The second-order valence-electron chi connectivity index (χ2n) is 8.10. The van der Waals surface area contributed by atoms with Crippen LogP contribution >= 0.6 is 11.3 Å². The Morgan fingerprint density at radius 2 is 2.03 bits per heavy atom. The summed E-state index contributed by atoms with van der Waals surface area (Å²) in [5.41, 5.74) is 1.42. The molecule has 1 saturated heterocycles. The predicted molar refractivity (Wildman–Crippen MR) is 125 cm³/mol. The maximum atomic E-state index is 13.6. The van der Waals surface area contributed by atoms with Crippen LogP contribution in [0.4, 0.5) is 0 Å². The first-order chi connectivity index (χ1) is 15.9. The highest BCUT2D eigenvalue weighted by molar-refractivity contribution is 7.14. The number of aromatic nitrogens is 1. The second-order valence-corrected chi connectivity index (χ2v) is 9.30. The van der Waals surface area contributed by atoms with Crippen molar-refractivity contribution in [3.05, 3.63) is 56.7 Å². The summed E-state index contributed by atoms with van der Waals surface area (Å²) in [6.07, 6.45) is 0. The lowest BCUT2D eigenvalue weighted by molar-refractivity contribution is -0.129. The number of hydrogen-bond donors (Lipinski definition) is 1. The lowest BCUT2D eigenvalue weighted by Gasteiger charge is -2.31. The van der Waals surface area contributed by atoms with E-state index in [0.29, 0.717) is 49.2 Å². The summed E-state index contributed by atoms with van der Waals surface area (Å²) in [5, 5.41) is 11.6. The van der Waals surface area contributed by atoms with E-state index in [0.717, 1.165) is 23.7 Å². The summed E-state index contributed by atoms with van der Waals surface area (Å²) < 4.78 is 11.1. The third kappa shape index (κ3) is 4.80. The number of nitrogens with zero attached hydrogens (tertiary/aromatic N) is 3. The molecule has 9 heteroatoms. The van der Waals surface area contributed by atoms with Gasteiger partial charge in [-0.1, -0.05) is 12.1 Å². The number of carbonyl (C=O) groups is 2. The first-order valence-electron chi connectivity index (χ1n) is 11.2. The Morgan fingerprint density at radius 3 is 2.70 bits per heavy atom. The number of ketones is 1. The maximum absolute atomic E-state index is 13.6. The predicted octanol–water partition coefficient (Wildman–Crippen LogP) is 3.07. The maximum Gasteiger partial charge on any atom is 0.290 e. The number of morpholine rings is 1. The highest BCUT2D eigenvalue weighted by atomic mass is 32.1. The highest BCUT2D eigenvalue weighted by Crippen LogP contribution is 2.40. The van der Waals surface area contributed by atoms with Gasteiger partial charge in [-0.05, 0) is 38.5 Å². The number of aliphatic hydroxyl groups excluding tert-OH is 1. The van der Waals surface area contributed by atoms with Crippen LogP contribution in [-0.4, -0.2) is 77.6 Å². The molecule has 1 unspecified atom stereocenters. The first kappa shape index (κ1) is 23.4. The zero-order chi connectivity index (χ0) is 23.5. The number of benzene rings is 1. The van der Waals surface area contributed by atoms with Gasteiger partial charge in [0, 0.05) is 26.2 Å². The van der Waals surface area contributed by atoms with Crippen molar-refractivity contribution in [2.75, 3.05) is 46.0 Å². The van der Waals surface area contributed by atoms with Gasteiger partial charge in [-0.15, -0.1) is 11.3 Å². The summed E-state index contributed by atoms with van der Waals surface area (Å²) >= 11 is 1.28. The molecule has 1 aromatic heterocycles. The van der Waals surface area contributed by atoms with Crippen LogP contribution in [0, 0.1) is 13.8 Å². The molecule has 0 aliphatic carbocycles. The van der Waals surface area contributed by atoms with Crippen LogP contribution in [0.3, 0.4) is 0 Å². The van der Waals surface area contributed by atoms with Crippen LogP contribution in [0.15, 0.2) is 35.6 Å². The van der Waals surface area contributed by atoms with Crippen LogP contribution in [-0.2, 0) is 9.53 Å². The van der Waals surface area contributed by atoms with Gasteiger partial charge in [0.2, 0.25) is 5.78 Å². The van der Waals surface area contributed by atoms with Crippen LogP contribution < -0.4 is 4.74 Å². The van der Waals surface area contributed by atoms with E-state index in [9.17, 15) is 14.7 Å². The third-order valence-electron chi connectivity index (χ3n) is 5.90. The quantitative estimate of drug-likeness (QED) is 0.592. The van der Waals surface area contributed by atoms with E-state index in [4.69, 9.17) is 9.47 Å². The number of amides is 1. The Labute approximate surface area is 197 Å². The molecule has 0 radical (unpaired) electrons. The molecule has 176 valence electrons. The standard InChI is InChI=1S/C24H29N3O5S/c1-4-32-18-7-5-6-17(14-18)20-19(21(28)23-15(2)25-16(3)33-23)22(29)24(30)27(20)9-8-26-10-12-31-13-11-26/h5-7,14,20,29H,4,8-13H2,1-3H3. The molecule has 3 heterocycles. The monoisotopic (exact) mass is 471 g/mol. The molecule has 0 saturated carbocycles. The summed E-state index contributed by atoms with van der Waals surface area (Å²) in [6, 6.07) is 6.67. The average Bonchev–Trinajstić information content (AvgIpc) is 3.28. The van der Waals surface area contributed by atoms with Crippen LogP contribution in [0.25, 0.3) is 0 Å². The lowest BCUT2D eigenvalue weighted by Crippen LogP contribution is -2.43. The normalized spacial score (nSPS) is 19.4. The molecule has 33 heavy (non-hydrogen) atoms. The third-order valence-corrected chi connectivity index (χ3v) is 6.98. The first-order valence-corrected chi connectivity index (χ1v) is 12.0. The van der Waals surface area contributed by atoms with E-state index >= 15 is 0 Å². The van der Waals surface area contributed by atoms with Crippen molar-refractivity contribution < 1.29 is 24.2 Å². The molecule has 1 amide bonds. The van der Waals surface area contributed by atoms with Crippen molar-refractivity contribution in [3.8, 4) is 5.75 Å². The summed E-state index contributed by atoms with van der Waals surface area (Å²) in [6.45, 7) is 9.90. The fourth-order valence-electron chi connectivity index (χ4n) is 4.34. The van der Waals surface area contributed by atoms with Gasteiger partial charge in [-0.3, -0.25) is 14.5 Å². The van der Waals surface area contributed by atoms with E-state index in [-0.39, 0.29) is 11.4 Å². The SMILES string of the molecule is CCOc1cccc(C2C(C(=O)c3sc(C)nc3C)=C(O)C(=O)N2CCN2CCOCC2)c1. The number of thiazole rings is 1. The van der Waals surface area contributed by atoms with Gasteiger partial charge < -0.3 is 19.5 Å². The van der Waals surface area contributed by atoms with E-state index in [1.54, 1.807) is 11.8 Å². The Morgan fingerprint density at radius 1 is 1.27 bits per heavy atom. The Hall–Kier alpha value is -2.75. The minimum atomic E-state index is -0.701. The highest BCUT2D eigenvalue weighted by Gasteiger charge is 2.44. The molecule has 0 bridgehead atoms. The molecule has 1 atom stereocenters. The minimum Gasteiger partial charge on any atom is -0.503 e. The lowest BCUT2D eigenvalue weighted by atomic mass is 9.95. The fraction of sp³-hybridized carbons (Fsp3) is 0.458. The number of rotatable bonds is 8. The van der Waals surface area contributed by atoms with Crippen molar-refractivity contribution in [3.63, 3.8) is 0 Å². The summed E-state index contributed by atoms with van der Waals surface area (Å²) in [5.74, 6) is -0.722. The summed E-state index contributed by atoms with van der Waals surface area (Å²) in [7, 11) is 0. The van der Waals surface area contributed by atoms with Crippen molar-refractivity contribution in [2.24, 2.45) is 0 Å². The zero-order valence-electron chi connectivity index (χ0n) is 19.2. The zero-order valence-corrected chi connectivity index (χ0v) is 20.0. The molecule has 0 spiro atoms. The van der Waals surface area contributed by atoms with E-state index < -0.39 is 17.7 Å². The number of Topliss-reactive ketones (excluding diaryl/α,β-unsaturated/α-hetero) is 1. The van der Waals surface area contributed by atoms with E-state index in [1.165, 1.54) is 11.3 Å². The van der Waals surface area contributed by atoms with Gasteiger partial charge in [-0.25, -0.2) is 4.98 Å². The van der Waals surface area contributed by atoms with Crippen LogP contribution in [0.1, 0.15) is 38.9 Å². The number of aliphatic hydroxyl groups is 1. The second kappa shape index (κ2) is 10.0. The minimum absolute atomic E-state index is 0.0994. The molecule has 2 aromatic rings. The van der Waals surface area contributed by atoms with Gasteiger partial charge >= 0.3 is 0 Å². The number of carbonyl (C=O) groups excluding carboxylic acids is 2. The van der Waals surface area contributed by atoms with Gasteiger partial charge in [0.05, 0.1) is 47.0 Å². The molecule has 2 aliphatic rings. The van der Waals surface area contributed by atoms with Crippen LogP contribution in [0.5, 0.6) is 5.75 Å². The fourth-order valence-corrected chi connectivity index (χ4v) is 5.22. The Bertz CT molecular complexity index is 1070. The molecular weight excluding hydrogens is 442 g/mol. The Kier molecular flexibility index (Phi) is 7.11. The summed E-state index contributed by atoms with van der Waals surface area (Å²) in [4.78, 5) is 35.4. The molecule has 1 N–H and O–H groups in total. The molecule has 4 rings (SSSR count). The van der Waals surface area contributed by atoms with Crippen LogP contribution in [0.2, 0.25) is 0 Å². The average molecular weight is 472 g/mol. The van der Waals surface area contributed by atoms with Gasteiger partial charge in [0.15, 0.2) is 5.76 Å². The number of ether oxygens (including phenoxy) is 2. The van der Waals surface area contributed by atoms with Gasteiger partial charge in [-0.2, -0.15) is 0 Å². The molecule has 2 aliphatic heterocycles. The van der Waals surface area contributed by atoms with Crippen molar-refractivity contribution in [1.82, 2.24) is 14.8 Å². The van der Waals surface area contributed by atoms with Crippen molar-refractivity contribution in [1.29, 1.82) is 0 Å². The number of aryl methyl sites for hydroxylation is 2. The molecule has 8 nitrogen and oxygen atoms in total. The van der Waals surface area contributed by atoms with E-state index in [1.807, 2.05) is 38.1 Å². The molecular formula is C24H29N3O5S. The Balaban J connectivity index is 1.71. The largest absolute Gasteiger partial charge is 0.503 e. The van der Waals surface area contributed by atoms with Gasteiger partial charge in [0.1, 0.15) is 5.75 Å². The van der Waals surface area contributed by atoms with Gasteiger partial charge in [0.25, 0.3) is 5.91 Å². The van der Waals surface area contributed by atoms with E-state index in [2.05, 4.69) is 9.88 Å².